The maximum absolute atomic E-state index is 12.9. The molecule has 3 aromatic rings. The number of H-pyrrole nitrogens is 1. The van der Waals surface area contributed by atoms with Crippen molar-refractivity contribution in [1.29, 1.82) is 0 Å². The number of phenols is 1. The van der Waals surface area contributed by atoms with Crippen molar-refractivity contribution in [2.45, 2.75) is 6.18 Å². The Morgan fingerprint density at radius 1 is 1.04 bits per heavy atom. The minimum atomic E-state index is -4.69. The first-order valence-corrected chi connectivity index (χ1v) is 8.18. The molecule has 1 heterocycles. The molecule has 0 fully saturated rings. The highest BCUT2D eigenvalue weighted by molar-refractivity contribution is 9.11. The van der Waals surface area contributed by atoms with Crippen LogP contribution >= 0.6 is 31.9 Å². The summed E-state index contributed by atoms with van der Waals surface area (Å²) in [5, 5.41) is 9.81. The second kappa shape index (κ2) is 5.93. The number of hydrogen-bond donors (Lipinski definition) is 2. The van der Waals surface area contributed by atoms with Crippen molar-refractivity contribution in [1.82, 2.24) is 4.98 Å². The highest BCUT2D eigenvalue weighted by atomic mass is 79.9. The first-order chi connectivity index (χ1) is 11.2. The number of rotatable bonds is 1. The third kappa shape index (κ3) is 3.08. The summed E-state index contributed by atoms with van der Waals surface area (Å²) in [5.74, 6) is -0.862. The Kier molecular flexibility index (Phi) is 4.21. The molecule has 24 heavy (non-hydrogen) atoms. The molecule has 0 aliphatic heterocycles. The molecular weight excluding hydrogens is 455 g/mol. The zero-order chi connectivity index (χ0) is 17.6. The minimum absolute atomic E-state index is 0.147. The van der Waals surface area contributed by atoms with Gasteiger partial charge in [0.1, 0.15) is 5.75 Å². The number of aromatic hydroxyl groups is 1. The average molecular weight is 463 g/mol. The number of fused-ring (bicyclic) bond motifs is 1. The van der Waals surface area contributed by atoms with E-state index in [1.165, 1.54) is 12.1 Å². The van der Waals surface area contributed by atoms with Crippen LogP contribution in [-0.2, 0) is 6.18 Å². The van der Waals surface area contributed by atoms with E-state index in [0.717, 1.165) is 12.1 Å². The molecule has 2 aromatic carbocycles. The van der Waals surface area contributed by atoms with Gasteiger partial charge in [0.25, 0.3) is 0 Å². The molecular formula is C16H8Br2F3NO2. The van der Waals surface area contributed by atoms with Gasteiger partial charge in [0.05, 0.1) is 11.1 Å². The summed E-state index contributed by atoms with van der Waals surface area (Å²) in [5.41, 5.74) is -0.643. The summed E-state index contributed by atoms with van der Waals surface area (Å²) < 4.78 is 40.1. The lowest BCUT2D eigenvalue weighted by atomic mass is 10.0. The van der Waals surface area contributed by atoms with Gasteiger partial charge in [-0.2, -0.15) is 13.2 Å². The first kappa shape index (κ1) is 17.0. The predicted octanol–water partition coefficient (Wildman–Crippen LogP) is 5.44. The second-order valence-corrected chi connectivity index (χ2v) is 6.86. The number of aromatic nitrogens is 1. The Morgan fingerprint density at radius 3 is 2.42 bits per heavy atom. The van der Waals surface area contributed by atoms with E-state index in [0.29, 0.717) is 19.8 Å². The van der Waals surface area contributed by atoms with Crippen LogP contribution in [0.4, 0.5) is 13.2 Å². The highest BCUT2D eigenvalue weighted by Gasteiger charge is 2.34. The van der Waals surface area contributed by atoms with Crippen molar-refractivity contribution in [2.75, 3.05) is 0 Å². The molecule has 0 aliphatic carbocycles. The largest absolute Gasteiger partial charge is 0.507 e. The molecule has 0 saturated heterocycles. The molecule has 0 spiro atoms. The van der Waals surface area contributed by atoms with Gasteiger partial charge in [-0.3, -0.25) is 4.79 Å². The van der Waals surface area contributed by atoms with Crippen molar-refractivity contribution in [3.8, 4) is 17.0 Å². The van der Waals surface area contributed by atoms with Crippen LogP contribution in [0.25, 0.3) is 22.2 Å². The summed E-state index contributed by atoms with van der Waals surface area (Å²) >= 11 is 6.61. The molecule has 0 aliphatic rings. The van der Waals surface area contributed by atoms with Gasteiger partial charge < -0.3 is 10.1 Å². The lowest BCUT2D eigenvalue weighted by molar-refractivity contribution is -0.138. The molecule has 8 heteroatoms. The number of alkyl halides is 3. The fourth-order valence-electron chi connectivity index (χ4n) is 2.36. The molecule has 0 atom stereocenters. The van der Waals surface area contributed by atoms with Crippen LogP contribution in [-0.4, -0.2) is 10.1 Å². The molecule has 2 N–H and O–H groups in total. The number of halogens is 5. The molecule has 0 saturated carbocycles. The van der Waals surface area contributed by atoms with Gasteiger partial charge in [-0.15, -0.1) is 0 Å². The number of hydrogen-bond acceptors (Lipinski definition) is 2. The molecule has 0 unspecified atom stereocenters. The van der Waals surface area contributed by atoms with Gasteiger partial charge >= 0.3 is 6.18 Å². The average Bonchev–Trinajstić information content (AvgIpc) is 2.47. The van der Waals surface area contributed by atoms with Gasteiger partial charge in [-0.05, 0) is 51.8 Å². The fraction of sp³-hybridized carbons (Fsp3) is 0.0625. The lowest BCUT2D eigenvalue weighted by Gasteiger charge is -2.12. The predicted molar refractivity (Wildman–Crippen MR) is 92.1 cm³/mol. The van der Waals surface area contributed by atoms with E-state index in [2.05, 4.69) is 36.8 Å². The van der Waals surface area contributed by atoms with Crippen LogP contribution in [0.1, 0.15) is 5.56 Å². The number of nitrogens with one attached hydrogen (secondary N) is 1. The Hall–Kier alpha value is -1.80. The number of aromatic amines is 1. The van der Waals surface area contributed by atoms with Gasteiger partial charge in [0, 0.05) is 26.1 Å². The third-order valence-electron chi connectivity index (χ3n) is 3.47. The maximum atomic E-state index is 12.9. The van der Waals surface area contributed by atoms with E-state index in [1.807, 2.05) is 0 Å². The van der Waals surface area contributed by atoms with Gasteiger partial charge in [-0.25, -0.2) is 0 Å². The standard InChI is InChI=1S/C16H8Br2F3NO2/c17-8-4-9-14(24)6-12(22-15(9)11(18)5-8)7-1-2-13(23)10(3-7)16(19,20)21/h1-6,23H,(H,22,24). The van der Waals surface area contributed by atoms with Gasteiger partial charge in [-0.1, -0.05) is 15.9 Å². The van der Waals surface area contributed by atoms with Crippen LogP contribution in [0, 0.1) is 0 Å². The summed E-state index contributed by atoms with van der Waals surface area (Å²) in [6.07, 6.45) is -4.69. The van der Waals surface area contributed by atoms with Crippen LogP contribution < -0.4 is 5.43 Å². The van der Waals surface area contributed by atoms with Crippen molar-refractivity contribution in [3.63, 3.8) is 0 Å². The molecule has 1 aromatic heterocycles. The summed E-state index contributed by atoms with van der Waals surface area (Å²) in [6.45, 7) is 0. The van der Waals surface area contributed by atoms with Crippen molar-refractivity contribution in [3.05, 3.63) is 61.1 Å². The Labute approximate surface area is 150 Å². The monoisotopic (exact) mass is 461 g/mol. The quantitative estimate of drug-likeness (QED) is 0.505. The van der Waals surface area contributed by atoms with Gasteiger partial charge in [0.2, 0.25) is 0 Å². The normalized spacial score (nSPS) is 11.9. The van der Waals surface area contributed by atoms with Crippen molar-refractivity contribution >= 4 is 42.8 Å². The zero-order valence-electron chi connectivity index (χ0n) is 11.7. The van der Waals surface area contributed by atoms with Gasteiger partial charge in [0.15, 0.2) is 5.43 Å². The smallest absolute Gasteiger partial charge is 0.419 e. The highest BCUT2D eigenvalue weighted by Crippen LogP contribution is 2.38. The number of pyridine rings is 1. The van der Waals surface area contributed by atoms with Crippen molar-refractivity contribution in [2.24, 2.45) is 0 Å². The second-order valence-electron chi connectivity index (χ2n) is 5.09. The van der Waals surface area contributed by atoms with Crippen LogP contribution in [0.15, 0.2) is 50.1 Å². The van der Waals surface area contributed by atoms with Crippen LogP contribution in [0.3, 0.4) is 0 Å². The summed E-state index contributed by atoms with van der Waals surface area (Å²) in [4.78, 5) is 15.3. The van der Waals surface area contributed by atoms with E-state index >= 15 is 0 Å². The molecule has 0 radical (unpaired) electrons. The number of benzene rings is 2. The Balaban J connectivity index is 2.26. The van der Waals surface area contributed by atoms with E-state index in [9.17, 15) is 23.1 Å². The SMILES string of the molecule is O=c1cc(-c2ccc(O)c(C(F)(F)F)c2)[nH]c2c(Br)cc(Br)cc12. The van der Waals surface area contributed by atoms with Crippen LogP contribution in [0.5, 0.6) is 5.75 Å². The molecule has 0 amide bonds. The first-order valence-electron chi connectivity index (χ1n) is 6.59. The molecule has 0 bridgehead atoms. The van der Waals surface area contributed by atoms with E-state index in [1.54, 1.807) is 12.1 Å². The number of phenolic OH excluding ortho intramolecular Hbond substituents is 1. The fourth-order valence-corrected chi connectivity index (χ4v) is 3.69. The Bertz CT molecular complexity index is 1010. The maximum Gasteiger partial charge on any atom is 0.419 e. The van der Waals surface area contributed by atoms with E-state index < -0.39 is 17.5 Å². The minimum Gasteiger partial charge on any atom is -0.507 e. The lowest BCUT2D eigenvalue weighted by Crippen LogP contribution is -2.07. The molecule has 124 valence electrons. The summed E-state index contributed by atoms with van der Waals surface area (Å²) in [7, 11) is 0. The Morgan fingerprint density at radius 2 is 1.75 bits per heavy atom. The van der Waals surface area contributed by atoms with Crippen LogP contribution in [0.2, 0.25) is 0 Å². The topological polar surface area (TPSA) is 53.1 Å². The van der Waals surface area contributed by atoms with E-state index in [-0.39, 0.29) is 16.7 Å². The van der Waals surface area contributed by atoms with Crippen molar-refractivity contribution < 1.29 is 18.3 Å². The van der Waals surface area contributed by atoms with E-state index in [4.69, 9.17) is 0 Å². The molecule has 3 rings (SSSR count). The summed E-state index contributed by atoms with van der Waals surface area (Å²) in [6, 6.07) is 7.65. The third-order valence-corrected chi connectivity index (χ3v) is 4.55. The molecule has 3 nitrogen and oxygen atoms in total. The zero-order valence-corrected chi connectivity index (χ0v) is 14.9.